The molecule has 0 unspecified atom stereocenters. The van der Waals surface area contributed by atoms with Crippen LogP contribution in [0.4, 0.5) is 10.1 Å². The van der Waals surface area contributed by atoms with Crippen molar-refractivity contribution in [1.29, 1.82) is 0 Å². The first-order valence-electron chi connectivity index (χ1n) is 7.30. The first-order valence-corrected chi connectivity index (χ1v) is 7.30. The lowest BCUT2D eigenvalue weighted by molar-refractivity contribution is 0.0253. The number of anilines is 1. The van der Waals surface area contributed by atoms with Gasteiger partial charge in [0.15, 0.2) is 0 Å². The highest BCUT2D eigenvalue weighted by atomic mass is 19.1. The minimum Gasteiger partial charge on any atom is -0.385 e. The summed E-state index contributed by atoms with van der Waals surface area (Å²) < 4.78 is 13.8. The highest BCUT2D eigenvalue weighted by Gasteiger charge is 2.40. The highest BCUT2D eigenvalue weighted by molar-refractivity contribution is 5.99. The Morgan fingerprint density at radius 3 is 2.48 bits per heavy atom. The monoisotopic (exact) mass is 293 g/mol. The zero-order valence-electron chi connectivity index (χ0n) is 13.2. The van der Waals surface area contributed by atoms with E-state index in [9.17, 15) is 9.18 Å². The Morgan fingerprint density at radius 2 is 2.00 bits per heavy atom. The van der Waals surface area contributed by atoms with Gasteiger partial charge in [0.1, 0.15) is 5.82 Å². The van der Waals surface area contributed by atoms with Crippen molar-refractivity contribution in [1.82, 2.24) is 9.80 Å². The summed E-state index contributed by atoms with van der Waals surface area (Å²) in [5.41, 5.74) is 0.715. The Morgan fingerprint density at radius 1 is 1.33 bits per heavy atom. The van der Waals surface area contributed by atoms with Crippen molar-refractivity contribution in [2.45, 2.75) is 24.8 Å². The Hall–Kier alpha value is -1.62. The minimum atomic E-state index is -0.400. The molecule has 21 heavy (non-hydrogen) atoms. The summed E-state index contributed by atoms with van der Waals surface area (Å²) >= 11 is 0. The van der Waals surface area contributed by atoms with Gasteiger partial charge in [-0.3, -0.25) is 4.79 Å². The maximum Gasteiger partial charge on any atom is 0.255 e. The van der Waals surface area contributed by atoms with E-state index in [0.717, 1.165) is 12.8 Å². The summed E-state index contributed by atoms with van der Waals surface area (Å²) in [6, 6.07) is 4.59. The number of hydrogen-bond donors (Lipinski definition) is 1. The van der Waals surface area contributed by atoms with E-state index in [1.54, 1.807) is 31.1 Å². The SMILES string of the molecule is CNc1c(F)cccc1C(=O)N(C)CC1(N(C)C)CCC1. The van der Waals surface area contributed by atoms with Crippen LogP contribution in [-0.2, 0) is 0 Å². The number of para-hydroxylation sites is 1. The topological polar surface area (TPSA) is 35.6 Å². The van der Waals surface area contributed by atoms with Gasteiger partial charge < -0.3 is 15.1 Å². The smallest absolute Gasteiger partial charge is 0.255 e. The normalized spacial score (nSPS) is 16.5. The van der Waals surface area contributed by atoms with Crippen LogP contribution in [0.5, 0.6) is 0 Å². The van der Waals surface area contributed by atoms with E-state index < -0.39 is 5.82 Å². The molecule has 1 fully saturated rings. The van der Waals surface area contributed by atoms with Gasteiger partial charge in [0.2, 0.25) is 0 Å². The van der Waals surface area contributed by atoms with Gasteiger partial charge in [0, 0.05) is 26.2 Å². The zero-order chi connectivity index (χ0) is 15.6. The van der Waals surface area contributed by atoms with Crippen LogP contribution in [0.25, 0.3) is 0 Å². The van der Waals surface area contributed by atoms with Crippen LogP contribution >= 0.6 is 0 Å². The average molecular weight is 293 g/mol. The number of benzene rings is 1. The highest BCUT2D eigenvalue weighted by Crippen LogP contribution is 2.37. The molecule has 1 aromatic rings. The predicted molar refractivity (Wildman–Crippen MR) is 83.2 cm³/mol. The van der Waals surface area contributed by atoms with Gasteiger partial charge >= 0.3 is 0 Å². The Bertz CT molecular complexity index is 526. The van der Waals surface area contributed by atoms with E-state index in [-0.39, 0.29) is 17.1 Å². The summed E-state index contributed by atoms with van der Waals surface area (Å²) in [7, 11) is 7.52. The van der Waals surface area contributed by atoms with Gasteiger partial charge in [-0.1, -0.05) is 6.07 Å². The maximum absolute atomic E-state index is 13.8. The van der Waals surface area contributed by atoms with Crippen LogP contribution in [0.1, 0.15) is 29.6 Å². The first kappa shape index (κ1) is 15.8. The first-order chi connectivity index (χ1) is 9.91. The molecule has 116 valence electrons. The van der Waals surface area contributed by atoms with E-state index in [1.807, 2.05) is 0 Å². The molecule has 0 atom stereocenters. The minimum absolute atomic E-state index is 0.0670. The van der Waals surface area contributed by atoms with E-state index in [4.69, 9.17) is 0 Å². The number of carbonyl (C=O) groups excluding carboxylic acids is 1. The van der Waals surface area contributed by atoms with Crippen molar-refractivity contribution in [3.8, 4) is 0 Å². The number of hydrogen-bond acceptors (Lipinski definition) is 3. The predicted octanol–water partition coefficient (Wildman–Crippen LogP) is 2.42. The molecule has 0 heterocycles. The number of carbonyl (C=O) groups is 1. The fraction of sp³-hybridized carbons (Fsp3) is 0.562. The van der Waals surface area contributed by atoms with Crippen LogP contribution in [-0.4, -0.2) is 56.0 Å². The lowest BCUT2D eigenvalue weighted by Crippen LogP contribution is -2.57. The number of nitrogens with one attached hydrogen (secondary N) is 1. The van der Waals surface area contributed by atoms with Gasteiger partial charge in [-0.25, -0.2) is 4.39 Å². The molecule has 2 rings (SSSR count). The van der Waals surface area contributed by atoms with Gasteiger partial charge in [-0.05, 0) is 45.5 Å². The summed E-state index contributed by atoms with van der Waals surface area (Å²) in [6.07, 6.45) is 3.39. The molecule has 1 amide bonds. The molecular weight excluding hydrogens is 269 g/mol. The molecule has 1 saturated carbocycles. The Labute approximate surface area is 125 Å². The standard InChI is InChI=1S/C16H24FN3O/c1-18-14-12(7-5-8-13(14)17)15(21)20(4)11-16(19(2)3)9-6-10-16/h5,7-8,18H,6,9-11H2,1-4H3. The van der Waals surface area contributed by atoms with Crippen LogP contribution in [0.2, 0.25) is 0 Å². The van der Waals surface area contributed by atoms with Crippen molar-refractivity contribution in [2.24, 2.45) is 0 Å². The van der Waals surface area contributed by atoms with Gasteiger partial charge in [0.05, 0.1) is 11.3 Å². The second-order valence-electron chi connectivity index (χ2n) is 6.05. The molecule has 0 aliphatic heterocycles. The molecular formula is C16H24FN3O. The Kier molecular flexibility index (Phi) is 4.52. The number of nitrogens with zero attached hydrogens (tertiary/aromatic N) is 2. The van der Waals surface area contributed by atoms with Gasteiger partial charge in [-0.2, -0.15) is 0 Å². The molecule has 4 nitrogen and oxygen atoms in total. The third-order valence-electron chi connectivity index (χ3n) is 4.61. The summed E-state index contributed by atoms with van der Waals surface area (Å²) in [5.74, 6) is -0.547. The van der Waals surface area contributed by atoms with Crippen molar-refractivity contribution in [3.63, 3.8) is 0 Å². The molecule has 5 heteroatoms. The van der Waals surface area contributed by atoms with Crippen molar-refractivity contribution < 1.29 is 9.18 Å². The van der Waals surface area contributed by atoms with E-state index in [0.29, 0.717) is 12.1 Å². The summed E-state index contributed by atoms with van der Waals surface area (Å²) in [6.45, 7) is 0.665. The number of likely N-dealkylation sites (N-methyl/N-ethyl adjacent to an activating group) is 2. The lowest BCUT2D eigenvalue weighted by atomic mass is 9.75. The molecule has 1 N–H and O–H groups in total. The van der Waals surface area contributed by atoms with Crippen molar-refractivity contribution >= 4 is 11.6 Å². The molecule has 0 spiro atoms. The molecule has 0 saturated heterocycles. The average Bonchev–Trinajstić information content (AvgIpc) is 2.41. The zero-order valence-corrected chi connectivity index (χ0v) is 13.2. The second-order valence-corrected chi connectivity index (χ2v) is 6.05. The summed E-state index contributed by atoms with van der Waals surface area (Å²) in [5, 5.41) is 2.78. The van der Waals surface area contributed by atoms with Gasteiger partial charge in [0.25, 0.3) is 5.91 Å². The molecule has 1 aliphatic carbocycles. The number of rotatable bonds is 5. The van der Waals surface area contributed by atoms with Gasteiger partial charge in [-0.15, -0.1) is 0 Å². The largest absolute Gasteiger partial charge is 0.385 e. The van der Waals surface area contributed by atoms with Crippen LogP contribution in [0.3, 0.4) is 0 Å². The fourth-order valence-electron chi connectivity index (χ4n) is 3.01. The van der Waals surface area contributed by atoms with E-state index in [1.165, 1.54) is 12.5 Å². The molecule has 0 bridgehead atoms. The molecule has 1 aliphatic rings. The lowest BCUT2D eigenvalue weighted by Gasteiger charge is -2.49. The molecule has 0 aromatic heterocycles. The fourth-order valence-corrected chi connectivity index (χ4v) is 3.01. The summed E-state index contributed by atoms with van der Waals surface area (Å²) in [4.78, 5) is 16.5. The van der Waals surface area contributed by atoms with E-state index in [2.05, 4.69) is 24.3 Å². The van der Waals surface area contributed by atoms with Crippen LogP contribution < -0.4 is 5.32 Å². The third kappa shape index (κ3) is 2.88. The maximum atomic E-state index is 13.8. The number of halogens is 1. The van der Waals surface area contributed by atoms with Crippen molar-refractivity contribution in [3.05, 3.63) is 29.6 Å². The quantitative estimate of drug-likeness (QED) is 0.905. The van der Waals surface area contributed by atoms with Crippen LogP contribution in [0.15, 0.2) is 18.2 Å². The van der Waals surface area contributed by atoms with E-state index >= 15 is 0 Å². The second kappa shape index (κ2) is 6.02. The Balaban J connectivity index is 2.18. The molecule has 0 radical (unpaired) electrons. The van der Waals surface area contributed by atoms with Crippen LogP contribution in [0, 0.1) is 5.82 Å². The molecule has 1 aromatic carbocycles. The number of amides is 1. The third-order valence-corrected chi connectivity index (χ3v) is 4.61. The van der Waals surface area contributed by atoms with Crippen molar-refractivity contribution in [2.75, 3.05) is 40.1 Å².